The second kappa shape index (κ2) is 11.8. The number of nitrogens with zero attached hydrogens (tertiary/aromatic N) is 3. The third-order valence-corrected chi connectivity index (χ3v) is 10.1. The summed E-state index contributed by atoms with van der Waals surface area (Å²) < 4.78 is 63.5. The lowest BCUT2D eigenvalue weighted by molar-refractivity contribution is 0.0921. The molecule has 0 aliphatic carbocycles. The van der Waals surface area contributed by atoms with Gasteiger partial charge in [0, 0.05) is 13.2 Å². The average molecular weight is 566 g/mol. The number of aromatic nitrogens is 2. The molecule has 0 spiro atoms. The van der Waals surface area contributed by atoms with Gasteiger partial charge in [-0.15, -0.1) is 0 Å². The van der Waals surface area contributed by atoms with Crippen LogP contribution in [0.3, 0.4) is 0 Å². The van der Waals surface area contributed by atoms with Crippen molar-refractivity contribution in [3.63, 3.8) is 0 Å². The van der Waals surface area contributed by atoms with E-state index in [9.17, 15) is 16.8 Å². The van der Waals surface area contributed by atoms with Gasteiger partial charge in [-0.1, -0.05) is 78.9 Å². The second-order valence-electron chi connectivity index (χ2n) is 9.59. The molecule has 0 N–H and O–H groups in total. The highest BCUT2D eigenvalue weighted by Crippen LogP contribution is 2.25. The molecule has 1 fully saturated rings. The number of hydrogen-bond acceptors (Lipinski definition) is 6. The largest absolute Gasteiger partial charge is 0.377 e. The zero-order valence-electron chi connectivity index (χ0n) is 21.5. The summed E-state index contributed by atoms with van der Waals surface area (Å²) in [6, 6.07) is 26.7. The highest BCUT2D eigenvalue weighted by molar-refractivity contribution is 7.90. The molecular weight excluding hydrogens is 534 g/mol. The Morgan fingerprint density at radius 1 is 0.846 bits per heavy atom. The summed E-state index contributed by atoms with van der Waals surface area (Å²) in [4.78, 5) is 4.52. The highest BCUT2D eigenvalue weighted by atomic mass is 32.2. The van der Waals surface area contributed by atoms with Crippen molar-refractivity contribution in [3.05, 3.63) is 114 Å². The molecule has 1 saturated heterocycles. The van der Waals surface area contributed by atoms with E-state index in [-0.39, 0.29) is 41.5 Å². The molecule has 1 aromatic heterocycles. The van der Waals surface area contributed by atoms with Gasteiger partial charge in [0.15, 0.2) is 0 Å². The fourth-order valence-corrected chi connectivity index (χ4v) is 7.70. The summed E-state index contributed by atoms with van der Waals surface area (Å²) >= 11 is 0. The lowest BCUT2D eigenvalue weighted by Gasteiger charge is -2.25. The number of imidazole rings is 1. The summed E-state index contributed by atoms with van der Waals surface area (Å²) in [5.41, 5.74) is 2.02. The van der Waals surface area contributed by atoms with Crippen LogP contribution < -0.4 is 0 Å². The Kier molecular flexibility index (Phi) is 8.27. The summed E-state index contributed by atoms with van der Waals surface area (Å²) in [6.07, 6.45) is 2.89. The standard InChI is InChI=1S/C29H31N3O5S2/c33-38(34,23-25-13-6-2-7-14-25)29-30-19-26(32(29)20-24-11-4-1-5-12-24)21-31(22-27-15-10-18-37-27)39(35,36)28-16-8-3-9-17-28/h1-9,11-14,16-17,19,27H,10,15,18,20-23H2/t27-/m0/s1. The molecule has 0 radical (unpaired) electrons. The van der Waals surface area contributed by atoms with E-state index in [1.807, 2.05) is 36.4 Å². The maximum Gasteiger partial charge on any atom is 0.243 e. The van der Waals surface area contributed by atoms with E-state index >= 15 is 0 Å². The number of hydrogen-bond donors (Lipinski definition) is 0. The minimum atomic E-state index is -3.89. The molecule has 0 saturated carbocycles. The van der Waals surface area contributed by atoms with Crippen molar-refractivity contribution < 1.29 is 21.6 Å². The highest BCUT2D eigenvalue weighted by Gasteiger charge is 2.32. The maximum absolute atomic E-state index is 13.8. The number of benzene rings is 3. The van der Waals surface area contributed by atoms with Gasteiger partial charge in [0.05, 0.1) is 41.7 Å². The van der Waals surface area contributed by atoms with E-state index in [4.69, 9.17) is 4.74 Å². The average Bonchev–Trinajstić information content (AvgIpc) is 3.60. The van der Waals surface area contributed by atoms with Crippen LogP contribution in [-0.4, -0.2) is 49.9 Å². The molecule has 204 valence electrons. The van der Waals surface area contributed by atoms with Gasteiger partial charge in [-0.25, -0.2) is 21.8 Å². The fraction of sp³-hybridized carbons (Fsp3) is 0.276. The fourth-order valence-electron chi connectivity index (χ4n) is 4.75. The molecule has 1 atom stereocenters. The maximum atomic E-state index is 13.8. The third-order valence-electron chi connectivity index (χ3n) is 6.71. The van der Waals surface area contributed by atoms with Gasteiger partial charge >= 0.3 is 0 Å². The van der Waals surface area contributed by atoms with Crippen molar-refractivity contribution in [2.75, 3.05) is 13.2 Å². The molecule has 2 heterocycles. The van der Waals surface area contributed by atoms with Crippen LogP contribution in [0, 0.1) is 0 Å². The van der Waals surface area contributed by atoms with E-state index in [1.54, 1.807) is 59.2 Å². The van der Waals surface area contributed by atoms with Crippen LogP contribution in [0.4, 0.5) is 0 Å². The zero-order valence-corrected chi connectivity index (χ0v) is 23.1. The first kappa shape index (κ1) is 27.3. The Morgan fingerprint density at radius 2 is 1.46 bits per heavy atom. The normalized spacial score (nSPS) is 16.1. The molecule has 1 aliphatic rings. The Balaban J connectivity index is 1.54. The van der Waals surface area contributed by atoms with Gasteiger partial charge < -0.3 is 9.30 Å². The van der Waals surface area contributed by atoms with Crippen molar-refractivity contribution in [2.24, 2.45) is 0 Å². The predicted molar refractivity (Wildman–Crippen MR) is 148 cm³/mol. The molecule has 5 rings (SSSR count). The lowest BCUT2D eigenvalue weighted by Crippen LogP contribution is -2.37. The van der Waals surface area contributed by atoms with Gasteiger partial charge in [-0.05, 0) is 36.1 Å². The monoisotopic (exact) mass is 565 g/mol. The summed E-state index contributed by atoms with van der Waals surface area (Å²) in [5.74, 6) is -0.207. The van der Waals surface area contributed by atoms with E-state index < -0.39 is 19.9 Å². The molecule has 0 amide bonds. The van der Waals surface area contributed by atoms with Gasteiger partial charge in [-0.2, -0.15) is 4.31 Å². The molecule has 1 aliphatic heterocycles. The minimum absolute atomic E-state index is 0.0439. The quantitative estimate of drug-likeness (QED) is 0.269. The van der Waals surface area contributed by atoms with Crippen LogP contribution in [0.2, 0.25) is 0 Å². The van der Waals surface area contributed by atoms with Crippen molar-refractivity contribution >= 4 is 19.9 Å². The summed E-state index contributed by atoms with van der Waals surface area (Å²) in [6.45, 7) is 0.952. The van der Waals surface area contributed by atoms with Crippen LogP contribution in [0.5, 0.6) is 0 Å². The molecule has 0 unspecified atom stereocenters. The Bertz CT molecular complexity index is 1580. The third kappa shape index (κ3) is 6.47. The topological polar surface area (TPSA) is 98.6 Å². The summed E-state index contributed by atoms with van der Waals surface area (Å²) in [7, 11) is -7.72. The minimum Gasteiger partial charge on any atom is -0.377 e. The smallest absolute Gasteiger partial charge is 0.243 e. The van der Waals surface area contributed by atoms with Crippen molar-refractivity contribution in [1.82, 2.24) is 13.9 Å². The number of sulfone groups is 1. The molecule has 39 heavy (non-hydrogen) atoms. The predicted octanol–water partition coefficient (Wildman–Crippen LogP) is 4.28. The molecule has 3 aromatic carbocycles. The SMILES string of the molecule is O=S(=O)(Cc1ccccc1)c1ncc(CN(C[C@@H]2CCCO2)S(=O)(=O)c2ccccc2)n1Cc1ccccc1. The number of sulfonamides is 1. The second-order valence-corrected chi connectivity index (χ2v) is 13.4. The van der Waals surface area contributed by atoms with Gasteiger partial charge in [0.25, 0.3) is 0 Å². The van der Waals surface area contributed by atoms with Gasteiger partial charge in [0.2, 0.25) is 25.0 Å². The van der Waals surface area contributed by atoms with Crippen LogP contribution in [0.15, 0.2) is 107 Å². The molecule has 4 aromatic rings. The number of rotatable bonds is 11. The molecule has 8 nitrogen and oxygen atoms in total. The molecule has 10 heteroatoms. The Hall–Kier alpha value is -3.31. The Labute approximate surface area is 229 Å². The first-order chi connectivity index (χ1) is 18.8. The van der Waals surface area contributed by atoms with Gasteiger partial charge in [-0.3, -0.25) is 0 Å². The molecular formula is C29H31N3O5S2. The summed E-state index contributed by atoms with van der Waals surface area (Å²) in [5, 5.41) is -0.0839. The van der Waals surface area contributed by atoms with E-state index in [2.05, 4.69) is 4.98 Å². The van der Waals surface area contributed by atoms with E-state index in [0.717, 1.165) is 18.4 Å². The van der Waals surface area contributed by atoms with E-state index in [1.165, 1.54) is 10.5 Å². The number of ether oxygens (including phenoxy) is 1. The van der Waals surface area contributed by atoms with E-state index in [0.29, 0.717) is 17.9 Å². The Morgan fingerprint density at radius 3 is 2.08 bits per heavy atom. The van der Waals surface area contributed by atoms with Crippen molar-refractivity contribution in [2.45, 2.75) is 47.8 Å². The van der Waals surface area contributed by atoms with Gasteiger partial charge in [0.1, 0.15) is 0 Å². The van der Waals surface area contributed by atoms with Crippen LogP contribution in [0.1, 0.15) is 29.7 Å². The van der Waals surface area contributed by atoms with Crippen molar-refractivity contribution in [3.8, 4) is 0 Å². The first-order valence-corrected chi connectivity index (χ1v) is 15.9. The van der Waals surface area contributed by atoms with Crippen LogP contribution in [0.25, 0.3) is 0 Å². The van der Waals surface area contributed by atoms with Crippen LogP contribution in [-0.2, 0) is 43.4 Å². The van der Waals surface area contributed by atoms with Crippen molar-refractivity contribution in [1.29, 1.82) is 0 Å². The lowest BCUT2D eigenvalue weighted by atomic mass is 10.2. The van der Waals surface area contributed by atoms with Crippen LogP contribution >= 0.6 is 0 Å². The molecule has 0 bridgehead atoms. The first-order valence-electron chi connectivity index (χ1n) is 12.8. The zero-order chi connectivity index (χ0) is 27.3.